The maximum Gasteiger partial charge on any atom is 0.161 e. The van der Waals surface area contributed by atoms with Gasteiger partial charge in [-0.25, -0.2) is 4.39 Å². The van der Waals surface area contributed by atoms with Crippen LogP contribution in [0.2, 0.25) is 5.02 Å². The maximum atomic E-state index is 13.2. The molecule has 4 nitrogen and oxygen atoms in total. The molecule has 0 aromatic heterocycles. The lowest BCUT2D eigenvalue weighted by molar-refractivity contribution is 0.259. The average Bonchev–Trinajstić information content (AvgIpc) is 3.16. The molecule has 0 spiro atoms. The topological polar surface area (TPSA) is 33.7 Å². The summed E-state index contributed by atoms with van der Waals surface area (Å²) in [5.41, 5.74) is 1.89. The monoisotopic (exact) mass is 420 g/mol. The minimum absolute atomic E-state index is 0.255. The molecule has 29 heavy (non-hydrogen) atoms. The first-order chi connectivity index (χ1) is 14.1. The van der Waals surface area contributed by atoms with Crippen LogP contribution in [0.1, 0.15) is 37.8 Å². The number of nitrogens with one attached hydrogen (secondary N) is 1. The van der Waals surface area contributed by atoms with Crippen molar-refractivity contribution in [1.29, 1.82) is 0 Å². The Hall–Kier alpha value is -1.82. The van der Waals surface area contributed by atoms with Crippen molar-refractivity contribution in [3.8, 4) is 11.5 Å². The van der Waals surface area contributed by atoms with Crippen molar-refractivity contribution in [2.75, 3.05) is 26.2 Å². The molecule has 0 amide bonds. The first kappa shape index (κ1) is 21.9. The number of ether oxygens (including phenoxy) is 2. The van der Waals surface area contributed by atoms with Crippen LogP contribution < -0.4 is 14.8 Å². The third-order valence-electron chi connectivity index (χ3n) is 5.32. The molecule has 1 heterocycles. The van der Waals surface area contributed by atoms with Crippen LogP contribution in [-0.2, 0) is 13.2 Å². The van der Waals surface area contributed by atoms with Crippen molar-refractivity contribution in [2.24, 2.45) is 0 Å². The van der Waals surface area contributed by atoms with E-state index in [4.69, 9.17) is 21.1 Å². The Morgan fingerprint density at radius 2 is 2.00 bits per heavy atom. The second-order valence-electron chi connectivity index (χ2n) is 7.29. The van der Waals surface area contributed by atoms with E-state index in [1.54, 1.807) is 6.07 Å². The van der Waals surface area contributed by atoms with Gasteiger partial charge in [0.05, 0.1) is 11.6 Å². The molecular formula is C23H30ClFN2O2. The zero-order valence-corrected chi connectivity index (χ0v) is 18.0. The normalized spacial score (nSPS) is 16.9. The number of rotatable bonds is 10. The summed E-state index contributed by atoms with van der Waals surface area (Å²) in [6.07, 6.45) is 2.56. The molecule has 0 unspecified atom stereocenters. The van der Waals surface area contributed by atoms with Crippen molar-refractivity contribution in [3.05, 3.63) is 58.4 Å². The standard InChI is InChI=1S/C23H30ClFN2O2/c1-3-27-11-5-6-20(27)15-26-14-17-7-10-22(23(12-17)28-4-2)29-16-18-8-9-19(25)13-21(18)24/h7-10,12-13,20,26H,3-6,11,14-16H2,1-2H3/t20-/m0/s1. The van der Waals surface area contributed by atoms with Crippen LogP contribution >= 0.6 is 11.6 Å². The lowest BCUT2D eigenvalue weighted by atomic mass is 10.1. The molecular weight excluding hydrogens is 391 g/mol. The average molecular weight is 421 g/mol. The third-order valence-corrected chi connectivity index (χ3v) is 5.67. The summed E-state index contributed by atoms with van der Waals surface area (Å²) in [6.45, 7) is 9.10. The Labute approximate surface area is 178 Å². The molecule has 2 aromatic rings. The molecule has 3 rings (SSSR count). The fourth-order valence-electron chi connectivity index (χ4n) is 3.77. The lowest BCUT2D eigenvalue weighted by Crippen LogP contribution is -2.37. The van der Waals surface area contributed by atoms with E-state index in [9.17, 15) is 4.39 Å². The van der Waals surface area contributed by atoms with E-state index in [2.05, 4.69) is 17.1 Å². The van der Waals surface area contributed by atoms with Gasteiger partial charge in [0, 0.05) is 24.7 Å². The van der Waals surface area contributed by atoms with E-state index in [0.29, 0.717) is 29.2 Å². The molecule has 2 aromatic carbocycles. The summed E-state index contributed by atoms with van der Waals surface area (Å²) < 4.78 is 24.9. The number of nitrogens with zero attached hydrogens (tertiary/aromatic N) is 1. The SMILES string of the molecule is CCOc1cc(CNC[C@@H]2CCCN2CC)ccc1OCc1ccc(F)cc1Cl. The first-order valence-corrected chi connectivity index (χ1v) is 10.8. The maximum absolute atomic E-state index is 13.2. The number of hydrogen-bond acceptors (Lipinski definition) is 4. The Balaban J connectivity index is 1.59. The fourth-order valence-corrected chi connectivity index (χ4v) is 3.99. The van der Waals surface area contributed by atoms with Crippen molar-refractivity contribution < 1.29 is 13.9 Å². The summed E-state index contributed by atoms with van der Waals surface area (Å²) in [7, 11) is 0. The van der Waals surface area contributed by atoms with Crippen molar-refractivity contribution in [1.82, 2.24) is 10.2 Å². The van der Waals surface area contributed by atoms with E-state index in [1.165, 1.54) is 31.5 Å². The van der Waals surface area contributed by atoms with Gasteiger partial charge in [-0.05, 0) is 62.7 Å². The van der Waals surface area contributed by atoms with E-state index in [-0.39, 0.29) is 12.4 Å². The summed E-state index contributed by atoms with van der Waals surface area (Å²) in [5, 5.41) is 3.93. The highest BCUT2D eigenvalue weighted by Gasteiger charge is 2.22. The molecule has 6 heteroatoms. The predicted octanol–water partition coefficient (Wildman–Crippen LogP) is 5.03. The highest BCUT2D eigenvalue weighted by molar-refractivity contribution is 6.31. The first-order valence-electron chi connectivity index (χ1n) is 10.4. The van der Waals surface area contributed by atoms with Crippen LogP contribution in [0.4, 0.5) is 4.39 Å². The molecule has 1 atom stereocenters. The molecule has 0 bridgehead atoms. The van der Waals surface area contributed by atoms with Crippen molar-refractivity contribution in [3.63, 3.8) is 0 Å². The summed E-state index contributed by atoms with van der Waals surface area (Å²) in [4.78, 5) is 2.54. The zero-order valence-electron chi connectivity index (χ0n) is 17.2. The second kappa shape index (κ2) is 10.8. The van der Waals surface area contributed by atoms with Crippen LogP contribution in [0.5, 0.6) is 11.5 Å². The Morgan fingerprint density at radius 1 is 1.14 bits per heavy atom. The minimum Gasteiger partial charge on any atom is -0.490 e. The summed E-state index contributed by atoms with van der Waals surface area (Å²) in [6, 6.07) is 10.9. The van der Waals surface area contributed by atoms with Crippen molar-refractivity contribution in [2.45, 2.75) is 45.9 Å². The molecule has 1 fully saturated rings. The fraction of sp³-hybridized carbons (Fsp3) is 0.478. The van der Waals surface area contributed by atoms with Crippen molar-refractivity contribution >= 4 is 11.6 Å². The van der Waals surface area contributed by atoms with Gasteiger partial charge in [0.25, 0.3) is 0 Å². The number of benzene rings is 2. The van der Waals surface area contributed by atoms with Gasteiger partial charge in [-0.15, -0.1) is 0 Å². The van der Waals surface area contributed by atoms with Gasteiger partial charge in [0.2, 0.25) is 0 Å². The highest BCUT2D eigenvalue weighted by atomic mass is 35.5. The lowest BCUT2D eigenvalue weighted by Gasteiger charge is -2.23. The molecule has 0 saturated carbocycles. The molecule has 1 saturated heterocycles. The quantitative estimate of drug-likeness (QED) is 0.584. The van der Waals surface area contributed by atoms with Crippen LogP contribution in [-0.4, -0.2) is 37.2 Å². The van der Waals surface area contributed by atoms with E-state index in [0.717, 1.165) is 30.8 Å². The third kappa shape index (κ3) is 6.08. The Kier molecular flexibility index (Phi) is 8.16. The number of likely N-dealkylation sites (N-methyl/N-ethyl adjacent to an activating group) is 1. The number of hydrogen-bond donors (Lipinski definition) is 1. The van der Waals surface area contributed by atoms with E-state index < -0.39 is 0 Å². The summed E-state index contributed by atoms with van der Waals surface area (Å²) >= 11 is 6.09. The van der Waals surface area contributed by atoms with Gasteiger partial charge in [0.1, 0.15) is 12.4 Å². The van der Waals surface area contributed by atoms with Gasteiger partial charge < -0.3 is 14.8 Å². The second-order valence-corrected chi connectivity index (χ2v) is 7.70. The molecule has 1 N–H and O–H groups in total. The Morgan fingerprint density at radius 3 is 2.76 bits per heavy atom. The van der Waals surface area contributed by atoms with E-state index in [1.807, 2.05) is 25.1 Å². The molecule has 1 aliphatic heterocycles. The van der Waals surface area contributed by atoms with Gasteiger partial charge in [0.15, 0.2) is 11.5 Å². The highest BCUT2D eigenvalue weighted by Crippen LogP contribution is 2.30. The van der Waals surface area contributed by atoms with Gasteiger partial charge >= 0.3 is 0 Å². The van der Waals surface area contributed by atoms with Crippen LogP contribution in [0, 0.1) is 5.82 Å². The van der Waals surface area contributed by atoms with Crippen LogP contribution in [0.3, 0.4) is 0 Å². The Bertz CT molecular complexity index is 802. The summed E-state index contributed by atoms with van der Waals surface area (Å²) in [5.74, 6) is 1.01. The predicted molar refractivity (Wildman–Crippen MR) is 115 cm³/mol. The van der Waals surface area contributed by atoms with Gasteiger partial charge in [-0.2, -0.15) is 0 Å². The van der Waals surface area contributed by atoms with Crippen LogP contribution in [0.15, 0.2) is 36.4 Å². The molecule has 0 radical (unpaired) electrons. The van der Waals surface area contributed by atoms with E-state index >= 15 is 0 Å². The number of halogens is 2. The molecule has 1 aliphatic rings. The minimum atomic E-state index is -0.356. The number of likely N-dealkylation sites (tertiary alicyclic amines) is 1. The smallest absolute Gasteiger partial charge is 0.161 e. The molecule has 0 aliphatic carbocycles. The van der Waals surface area contributed by atoms with Crippen LogP contribution in [0.25, 0.3) is 0 Å². The zero-order chi connectivity index (χ0) is 20.6. The molecule has 158 valence electrons. The largest absolute Gasteiger partial charge is 0.490 e. The van der Waals surface area contributed by atoms with Gasteiger partial charge in [-0.1, -0.05) is 30.7 Å². The van der Waals surface area contributed by atoms with Gasteiger partial charge in [-0.3, -0.25) is 4.90 Å².